The van der Waals surface area contributed by atoms with Crippen molar-refractivity contribution in [2.24, 2.45) is 0 Å². The van der Waals surface area contributed by atoms with Crippen LogP contribution in [0.2, 0.25) is 0 Å². The molecule has 2 heterocycles. The van der Waals surface area contributed by atoms with Gasteiger partial charge in [0, 0.05) is 30.9 Å². The summed E-state index contributed by atoms with van der Waals surface area (Å²) in [6.07, 6.45) is 3.23. The van der Waals surface area contributed by atoms with Crippen molar-refractivity contribution in [3.05, 3.63) is 113 Å². The second-order valence-electron chi connectivity index (χ2n) is 8.79. The number of ketones is 1. The molecule has 0 fully saturated rings. The molecule has 0 aliphatic rings. The van der Waals surface area contributed by atoms with Crippen LogP contribution < -0.4 is 5.32 Å². The number of hydrogen-bond donors (Lipinski definition) is 1. The smallest absolute Gasteiger partial charge is 0.356 e. The summed E-state index contributed by atoms with van der Waals surface area (Å²) in [6, 6.07) is 20.9. The van der Waals surface area contributed by atoms with Gasteiger partial charge in [-0.3, -0.25) is 4.79 Å². The number of rotatable bonds is 9. The Balaban J connectivity index is 1.45. The molecule has 0 saturated carbocycles. The van der Waals surface area contributed by atoms with Gasteiger partial charge in [0.05, 0.1) is 18.2 Å². The highest BCUT2D eigenvalue weighted by Crippen LogP contribution is 2.25. The molecule has 190 valence electrons. The molecule has 1 N–H and O–H groups in total. The summed E-state index contributed by atoms with van der Waals surface area (Å²) in [5.74, 6) is -0.715. The Morgan fingerprint density at radius 3 is 2.34 bits per heavy atom. The summed E-state index contributed by atoms with van der Waals surface area (Å²) in [4.78, 5) is 33.2. The van der Waals surface area contributed by atoms with E-state index in [2.05, 4.69) is 20.0 Å². The molecule has 0 aliphatic carbocycles. The van der Waals surface area contributed by atoms with Crippen molar-refractivity contribution >= 4 is 17.6 Å². The predicted octanol–water partition coefficient (Wildman–Crippen LogP) is 5.93. The molecule has 4 aromatic rings. The molecule has 2 aromatic heterocycles. The average Bonchev–Trinajstić information content (AvgIpc) is 2.96. The molecule has 0 amide bonds. The number of nitriles is 1. The molecular weight excluding hydrogens is 483 g/mol. The summed E-state index contributed by atoms with van der Waals surface area (Å²) in [6.45, 7) is 2.31. The summed E-state index contributed by atoms with van der Waals surface area (Å²) in [5.41, 5.74) is 4.47. The van der Waals surface area contributed by atoms with Gasteiger partial charge in [-0.25, -0.2) is 19.2 Å². The largest absolute Gasteiger partial charge is 0.464 e. The number of halogens is 1. The normalized spacial score (nSPS) is 11.3. The lowest BCUT2D eigenvalue weighted by molar-refractivity contribution is 0.0594. The highest BCUT2D eigenvalue weighted by Gasteiger charge is 2.18. The van der Waals surface area contributed by atoms with E-state index in [0.29, 0.717) is 23.5 Å². The molecule has 7 nitrogen and oxygen atoms in total. The fourth-order valence-corrected chi connectivity index (χ4v) is 3.97. The second-order valence-corrected chi connectivity index (χ2v) is 8.79. The lowest BCUT2D eigenvalue weighted by Gasteiger charge is -2.14. The van der Waals surface area contributed by atoms with E-state index in [9.17, 15) is 19.2 Å². The van der Waals surface area contributed by atoms with E-state index in [-0.39, 0.29) is 29.6 Å². The minimum atomic E-state index is -0.489. The van der Waals surface area contributed by atoms with Crippen LogP contribution >= 0.6 is 0 Å². The number of benzene rings is 2. The standard InChI is InChI=1S/C30H25FN4O3/c1-19(22-7-10-25(31)11-8-22)13-28(36)26-14-21(15-32)17-35-29(26)34-16-20-3-5-23(6-4-20)24-9-12-27(33-18-24)30(37)38-2/h3-12,14,17-19H,13,16H2,1-2H3,(H,34,35)/t19-/m1/s1. The quantitative estimate of drug-likeness (QED) is 0.221. The molecule has 0 radical (unpaired) electrons. The Kier molecular flexibility index (Phi) is 8.19. The van der Waals surface area contributed by atoms with Crippen LogP contribution in [-0.4, -0.2) is 28.8 Å². The van der Waals surface area contributed by atoms with Crippen molar-refractivity contribution in [1.82, 2.24) is 9.97 Å². The number of nitrogens with zero attached hydrogens (tertiary/aromatic N) is 3. The number of ether oxygens (including phenoxy) is 1. The van der Waals surface area contributed by atoms with Crippen LogP contribution in [-0.2, 0) is 11.3 Å². The fourth-order valence-electron chi connectivity index (χ4n) is 3.97. The number of anilines is 1. The van der Waals surface area contributed by atoms with E-state index in [1.807, 2.05) is 37.3 Å². The molecule has 0 spiro atoms. The molecule has 38 heavy (non-hydrogen) atoms. The number of pyridine rings is 2. The van der Waals surface area contributed by atoms with Gasteiger partial charge >= 0.3 is 5.97 Å². The Hall–Kier alpha value is -4.90. The van der Waals surface area contributed by atoms with Gasteiger partial charge in [-0.2, -0.15) is 5.26 Å². The Morgan fingerprint density at radius 1 is 1.00 bits per heavy atom. The van der Waals surface area contributed by atoms with Crippen molar-refractivity contribution in [3.8, 4) is 17.2 Å². The van der Waals surface area contributed by atoms with Crippen molar-refractivity contribution in [2.75, 3.05) is 12.4 Å². The molecule has 4 rings (SSSR count). The third kappa shape index (κ3) is 6.26. The van der Waals surface area contributed by atoms with Crippen molar-refractivity contribution in [1.29, 1.82) is 5.26 Å². The number of Topliss-reactive ketones (excluding diaryl/α,β-unsaturated/α-hetero) is 1. The van der Waals surface area contributed by atoms with Gasteiger partial charge in [-0.1, -0.05) is 49.4 Å². The minimum absolute atomic E-state index is 0.134. The van der Waals surface area contributed by atoms with Gasteiger partial charge < -0.3 is 10.1 Å². The Bertz CT molecular complexity index is 1480. The zero-order valence-electron chi connectivity index (χ0n) is 20.9. The van der Waals surface area contributed by atoms with Crippen LogP contribution in [0.4, 0.5) is 10.2 Å². The second kappa shape index (κ2) is 11.9. The maximum Gasteiger partial charge on any atom is 0.356 e. The summed E-state index contributed by atoms with van der Waals surface area (Å²) < 4.78 is 17.9. The van der Waals surface area contributed by atoms with E-state index in [0.717, 1.165) is 22.3 Å². The third-order valence-corrected chi connectivity index (χ3v) is 6.15. The van der Waals surface area contributed by atoms with Gasteiger partial charge in [-0.15, -0.1) is 0 Å². The highest BCUT2D eigenvalue weighted by molar-refractivity contribution is 6.01. The topological polar surface area (TPSA) is 105 Å². The number of methoxy groups -OCH3 is 1. The van der Waals surface area contributed by atoms with Crippen LogP contribution in [0.15, 0.2) is 79.1 Å². The van der Waals surface area contributed by atoms with E-state index in [1.165, 1.54) is 25.4 Å². The zero-order chi connectivity index (χ0) is 27.1. The van der Waals surface area contributed by atoms with Gasteiger partial charge in [0.1, 0.15) is 23.4 Å². The van der Waals surface area contributed by atoms with Gasteiger partial charge in [-0.05, 0) is 46.9 Å². The maximum absolute atomic E-state index is 13.3. The number of aromatic nitrogens is 2. The van der Waals surface area contributed by atoms with Crippen molar-refractivity contribution in [2.45, 2.75) is 25.8 Å². The van der Waals surface area contributed by atoms with Crippen LogP contribution in [0, 0.1) is 17.1 Å². The van der Waals surface area contributed by atoms with Crippen LogP contribution in [0.3, 0.4) is 0 Å². The lowest BCUT2D eigenvalue weighted by Crippen LogP contribution is -2.11. The molecule has 0 saturated heterocycles. The van der Waals surface area contributed by atoms with Gasteiger partial charge in [0.25, 0.3) is 0 Å². The maximum atomic E-state index is 13.3. The molecule has 2 aromatic carbocycles. The van der Waals surface area contributed by atoms with E-state index in [1.54, 1.807) is 36.5 Å². The summed E-state index contributed by atoms with van der Waals surface area (Å²) in [7, 11) is 1.31. The van der Waals surface area contributed by atoms with E-state index in [4.69, 9.17) is 0 Å². The number of hydrogen-bond acceptors (Lipinski definition) is 7. The first-order chi connectivity index (χ1) is 18.4. The molecule has 0 unspecified atom stereocenters. The fraction of sp³-hybridized carbons (Fsp3) is 0.167. The molecule has 0 aliphatic heterocycles. The van der Waals surface area contributed by atoms with Crippen LogP contribution in [0.1, 0.15) is 56.8 Å². The highest BCUT2D eigenvalue weighted by atomic mass is 19.1. The monoisotopic (exact) mass is 508 g/mol. The van der Waals surface area contributed by atoms with E-state index >= 15 is 0 Å². The predicted molar refractivity (Wildman–Crippen MR) is 141 cm³/mol. The Labute approximate surface area is 220 Å². The van der Waals surface area contributed by atoms with E-state index < -0.39 is 5.97 Å². The van der Waals surface area contributed by atoms with Crippen LogP contribution in [0.5, 0.6) is 0 Å². The van der Waals surface area contributed by atoms with Gasteiger partial charge in [0.2, 0.25) is 0 Å². The third-order valence-electron chi connectivity index (χ3n) is 6.15. The number of carbonyl (C=O) groups is 2. The molecule has 1 atom stereocenters. The number of carbonyl (C=O) groups excluding carboxylic acids is 2. The molecule has 0 bridgehead atoms. The molecule has 8 heteroatoms. The summed E-state index contributed by atoms with van der Waals surface area (Å²) >= 11 is 0. The lowest BCUT2D eigenvalue weighted by atomic mass is 9.93. The number of nitrogens with one attached hydrogen (secondary N) is 1. The van der Waals surface area contributed by atoms with Crippen molar-refractivity contribution in [3.63, 3.8) is 0 Å². The number of esters is 1. The summed E-state index contributed by atoms with van der Waals surface area (Å²) in [5, 5.41) is 12.5. The first kappa shape index (κ1) is 26.2. The average molecular weight is 509 g/mol. The van der Waals surface area contributed by atoms with Gasteiger partial charge in [0.15, 0.2) is 5.78 Å². The minimum Gasteiger partial charge on any atom is -0.464 e. The van der Waals surface area contributed by atoms with Crippen molar-refractivity contribution < 1.29 is 18.7 Å². The first-order valence-electron chi connectivity index (χ1n) is 11.9. The van der Waals surface area contributed by atoms with Crippen LogP contribution in [0.25, 0.3) is 11.1 Å². The zero-order valence-corrected chi connectivity index (χ0v) is 20.9. The Morgan fingerprint density at radius 2 is 1.71 bits per heavy atom. The first-order valence-corrected chi connectivity index (χ1v) is 11.9. The molecular formula is C30H25FN4O3. The SMILES string of the molecule is COC(=O)c1ccc(-c2ccc(CNc3ncc(C#N)cc3C(=O)C[C@@H](C)c3ccc(F)cc3)cc2)cn1.